The summed E-state index contributed by atoms with van der Waals surface area (Å²) in [5.41, 5.74) is 3.06. The molecule has 1 heterocycles. The number of hydrogen-bond acceptors (Lipinski definition) is 5. The third-order valence-corrected chi connectivity index (χ3v) is 3.52. The molecule has 1 N–H and O–H groups in total. The molecule has 7 heteroatoms. The first-order valence-electron chi connectivity index (χ1n) is 7.97. The quantitative estimate of drug-likeness (QED) is 0.748. The molecule has 0 radical (unpaired) electrons. The molecule has 0 fully saturated rings. The number of hydrogen-bond donors (Lipinski definition) is 1. The second-order valence-corrected chi connectivity index (χ2v) is 5.82. The van der Waals surface area contributed by atoms with E-state index in [1.54, 1.807) is 18.2 Å². The number of rotatable bonds is 6. The standard InChI is InChI=1S/C18H19N5O2/c1-13(2)25-11-14-6-8-15(9-7-14)18(24)20-16-4-3-5-17(10-16)23-12-19-21-22-23/h3-10,12-13H,11H2,1-2H3,(H,20,24). The van der Waals surface area contributed by atoms with E-state index in [2.05, 4.69) is 20.8 Å². The van der Waals surface area contributed by atoms with Gasteiger partial charge in [-0.25, -0.2) is 4.68 Å². The van der Waals surface area contributed by atoms with Crippen LogP contribution in [-0.2, 0) is 11.3 Å². The number of amides is 1. The Morgan fingerprint density at radius 3 is 2.68 bits per heavy atom. The van der Waals surface area contributed by atoms with Gasteiger partial charge in [-0.05, 0) is 60.2 Å². The van der Waals surface area contributed by atoms with E-state index in [0.29, 0.717) is 17.9 Å². The normalized spacial score (nSPS) is 10.8. The van der Waals surface area contributed by atoms with Crippen LogP contribution in [0.25, 0.3) is 5.69 Å². The minimum absolute atomic E-state index is 0.176. The second-order valence-electron chi connectivity index (χ2n) is 5.82. The van der Waals surface area contributed by atoms with Crippen molar-refractivity contribution in [3.05, 3.63) is 66.0 Å². The van der Waals surface area contributed by atoms with Crippen molar-refractivity contribution in [1.82, 2.24) is 20.2 Å². The van der Waals surface area contributed by atoms with E-state index in [0.717, 1.165) is 11.3 Å². The van der Waals surface area contributed by atoms with Crippen LogP contribution in [0.2, 0.25) is 0 Å². The Hall–Kier alpha value is -3.06. The predicted molar refractivity (Wildman–Crippen MR) is 93.5 cm³/mol. The van der Waals surface area contributed by atoms with Crippen LogP contribution in [0.1, 0.15) is 29.8 Å². The van der Waals surface area contributed by atoms with Crippen LogP contribution in [0.5, 0.6) is 0 Å². The lowest BCUT2D eigenvalue weighted by molar-refractivity contribution is 0.0657. The highest BCUT2D eigenvalue weighted by Crippen LogP contribution is 2.15. The number of ether oxygens (including phenoxy) is 1. The Bertz CT molecular complexity index is 829. The summed E-state index contributed by atoms with van der Waals surface area (Å²) >= 11 is 0. The maximum absolute atomic E-state index is 12.4. The lowest BCUT2D eigenvalue weighted by Gasteiger charge is -2.09. The van der Waals surface area contributed by atoms with Gasteiger partial charge < -0.3 is 10.1 Å². The monoisotopic (exact) mass is 337 g/mol. The summed E-state index contributed by atoms with van der Waals surface area (Å²) in [5, 5.41) is 13.9. The van der Waals surface area contributed by atoms with E-state index in [4.69, 9.17) is 4.74 Å². The Balaban J connectivity index is 1.67. The molecule has 0 aliphatic rings. The van der Waals surface area contributed by atoms with Gasteiger partial charge in [0.1, 0.15) is 6.33 Å². The summed E-state index contributed by atoms with van der Waals surface area (Å²) in [6.07, 6.45) is 1.68. The molecular formula is C18H19N5O2. The average Bonchev–Trinajstić information content (AvgIpc) is 3.15. The van der Waals surface area contributed by atoms with E-state index in [9.17, 15) is 4.79 Å². The van der Waals surface area contributed by atoms with Gasteiger partial charge in [0.15, 0.2) is 0 Å². The third kappa shape index (κ3) is 4.48. The number of anilines is 1. The zero-order valence-corrected chi connectivity index (χ0v) is 14.1. The Morgan fingerprint density at radius 2 is 2.00 bits per heavy atom. The van der Waals surface area contributed by atoms with E-state index in [1.807, 2.05) is 44.2 Å². The number of aromatic nitrogens is 4. The molecule has 0 saturated heterocycles. The summed E-state index contributed by atoms with van der Waals surface area (Å²) in [4.78, 5) is 12.4. The van der Waals surface area contributed by atoms with Crippen molar-refractivity contribution in [1.29, 1.82) is 0 Å². The Kier molecular flexibility index (Phi) is 5.15. The van der Waals surface area contributed by atoms with Crippen molar-refractivity contribution >= 4 is 11.6 Å². The number of nitrogens with one attached hydrogen (secondary N) is 1. The highest BCUT2D eigenvalue weighted by molar-refractivity contribution is 6.04. The van der Waals surface area contributed by atoms with Crippen molar-refractivity contribution in [3.63, 3.8) is 0 Å². The second kappa shape index (κ2) is 7.67. The fraction of sp³-hybridized carbons (Fsp3) is 0.222. The molecule has 2 aromatic carbocycles. The summed E-state index contributed by atoms with van der Waals surface area (Å²) in [7, 11) is 0. The van der Waals surface area contributed by atoms with Crippen LogP contribution in [-0.4, -0.2) is 32.2 Å². The summed E-state index contributed by atoms with van der Waals surface area (Å²) in [5.74, 6) is -0.176. The number of nitrogens with zero attached hydrogens (tertiary/aromatic N) is 4. The van der Waals surface area contributed by atoms with Gasteiger partial charge in [-0.15, -0.1) is 5.10 Å². The maximum atomic E-state index is 12.4. The molecule has 3 aromatic rings. The van der Waals surface area contributed by atoms with Gasteiger partial charge in [-0.3, -0.25) is 4.79 Å². The molecule has 0 bridgehead atoms. The molecule has 1 aromatic heterocycles. The van der Waals surface area contributed by atoms with Crippen LogP contribution in [0.4, 0.5) is 5.69 Å². The number of tetrazole rings is 1. The Morgan fingerprint density at radius 1 is 1.20 bits per heavy atom. The summed E-state index contributed by atoms with van der Waals surface area (Å²) < 4.78 is 7.08. The van der Waals surface area contributed by atoms with Gasteiger partial charge >= 0.3 is 0 Å². The summed E-state index contributed by atoms with van der Waals surface area (Å²) in [6.45, 7) is 4.52. The van der Waals surface area contributed by atoms with Crippen molar-refractivity contribution < 1.29 is 9.53 Å². The number of benzene rings is 2. The number of carbonyl (C=O) groups is 1. The van der Waals surface area contributed by atoms with Crippen molar-refractivity contribution in [2.75, 3.05) is 5.32 Å². The van der Waals surface area contributed by atoms with E-state index >= 15 is 0 Å². The van der Waals surface area contributed by atoms with Gasteiger partial charge in [-0.1, -0.05) is 18.2 Å². The van der Waals surface area contributed by atoms with Gasteiger partial charge in [0.25, 0.3) is 5.91 Å². The molecule has 0 saturated carbocycles. The van der Waals surface area contributed by atoms with Crippen LogP contribution in [0, 0.1) is 0 Å². The molecule has 0 unspecified atom stereocenters. The van der Waals surface area contributed by atoms with E-state index in [1.165, 1.54) is 11.0 Å². The zero-order chi connectivity index (χ0) is 17.6. The first-order chi connectivity index (χ1) is 12.1. The average molecular weight is 337 g/mol. The van der Waals surface area contributed by atoms with Crippen LogP contribution in [0.3, 0.4) is 0 Å². The van der Waals surface area contributed by atoms with Crippen LogP contribution in [0.15, 0.2) is 54.9 Å². The van der Waals surface area contributed by atoms with E-state index in [-0.39, 0.29) is 12.0 Å². The number of carbonyl (C=O) groups excluding carboxylic acids is 1. The molecule has 0 aliphatic carbocycles. The molecule has 0 aliphatic heterocycles. The molecule has 1 amide bonds. The third-order valence-electron chi connectivity index (χ3n) is 3.52. The molecule has 25 heavy (non-hydrogen) atoms. The lowest BCUT2D eigenvalue weighted by atomic mass is 10.1. The van der Waals surface area contributed by atoms with Gasteiger partial charge in [-0.2, -0.15) is 0 Å². The lowest BCUT2D eigenvalue weighted by Crippen LogP contribution is -2.12. The topological polar surface area (TPSA) is 81.9 Å². The highest BCUT2D eigenvalue weighted by Gasteiger charge is 2.07. The first-order valence-corrected chi connectivity index (χ1v) is 7.97. The predicted octanol–water partition coefficient (Wildman–Crippen LogP) is 2.84. The van der Waals surface area contributed by atoms with Crippen molar-refractivity contribution in [3.8, 4) is 5.69 Å². The first kappa shape index (κ1) is 16.8. The Labute approximate surface area is 145 Å². The molecule has 7 nitrogen and oxygen atoms in total. The van der Waals surface area contributed by atoms with Crippen molar-refractivity contribution in [2.24, 2.45) is 0 Å². The summed E-state index contributed by atoms with van der Waals surface area (Å²) in [6, 6.07) is 14.7. The molecular weight excluding hydrogens is 318 g/mol. The van der Waals surface area contributed by atoms with Gasteiger partial charge in [0.2, 0.25) is 0 Å². The fourth-order valence-corrected chi connectivity index (χ4v) is 2.22. The van der Waals surface area contributed by atoms with E-state index < -0.39 is 0 Å². The smallest absolute Gasteiger partial charge is 0.255 e. The molecule has 0 atom stereocenters. The van der Waals surface area contributed by atoms with Crippen LogP contribution < -0.4 is 5.32 Å². The minimum atomic E-state index is -0.176. The highest BCUT2D eigenvalue weighted by atomic mass is 16.5. The fourth-order valence-electron chi connectivity index (χ4n) is 2.22. The minimum Gasteiger partial charge on any atom is -0.374 e. The SMILES string of the molecule is CC(C)OCc1ccc(C(=O)Nc2cccc(-n3cnnn3)c2)cc1. The molecule has 128 valence electrons. The largest absolute Gasteiger partial charge is 0.374 e. The molecule has 3 rings (SSSR count). The van der Waals surface area contributed by atoms with Gasteiger partial charge in [0, 0.05) is 11.3 Å². The van der Waals surface area contributed by atoms with Gasteiger partial charge in [0.05, 0.1) is 18.4 Å². The van der Waals surface area contributed by atoms with Crippen LogP contribution >= 0.6 is 0 Å². The van der Waals surface area contributed by atoms with Crippen molar-refractivity contribution in [2.45, 2.75) is 26.6 Å². The zero-order valence-electron chi connectivity index (χ0n) is 14.1. The molecule has 0 spiro atoms. The maximum Gasteiger partial charge on any atom is 0.255 e.